The van der Waals surface area contributed by atoms with E-state index in [2.05, 4.69) is 0 Å². The fourth-order valence-electron chi connectivity index (χ4n) is 3.99. The predicted molar refractivity (Wildman–Crippen MR) is 119 cm³/mol. The van der Waals surface area contributed by atoms with Crippen molar-refractivity contribution in [2.24, 2.45) is 0 Å². The van der Waals surface area contributed by atoms with E-state index < -0.39 is 40.7 Å². The van der Waals surface area contributed by atoms with Crippen LogP contribution in [-0.2, 0) is 6.42 Å². The van der Waals surface area contributed by atoms with Crippen LogP contribution in [0.2, 0.25) is 0 Å². The summed E-state index contributed by atoms with van der Waals surface area (Å²) in [7, 11) is 0. The molecule has 0 bridgehead atoms. The molecule has 4 aromatic carbocycles. The Balaban J connectivity index is 1.77. The lowest BCUT2D eigenvalue weighted by atomic mass is 9.95. The summed E-state index contributed by atoms with van der Waals surface area (Å²) < 4.78 is 97.8. The van der Waals surface area contributed by atoms with Crippen molar-refractivity contribution in [1.29, 1.82) is 0 Å². The molecule has 0 N–H and O–H groups in total. The van der Waals surface area contributed by atoms with Crippen molar-refractivity contribution in [2.75, 3.05) is 0 Å². The molecule has 0 radical (unpaired) electrons. The Bertz CT molecular complexity index is 1410. The van der Waals surface area contributed by atoms with Gasteiger partial charge < -0.3 is 0 Å². The molecular weight excluding hydrogens is 457 g/mol. The summed E-state index contributed by atoms with van der Waals surface area (Å²) in [6.45, 7) is 1.88. The van der Waals surface area contributed by atoms with Crippen molar-refractivity contribution in [3.63, 3.8) is 0 Å². The number of benzene rings is 4. The lowest BCUT2D eigenvalue weighted by molar-refractivity contribution is 0.428. The highest BCUT2D eigenvalue weighted by Crippen LogP contribution is 2.34. The highest BCUT2D eigenvalue weighted by molar-refractivity contribution is 5.90. The van der Waals surface area contributed by atoms with Crippen LogP contribution in [0.5, 0.6) is 0 Å². The number of halogens is 7. The number of hydrogen-bond acceptors (Lipinski definition) is 0. The van der Waals surface area contributed by atoms with E-state index in [9.17, 15) is 30.7 Å². The van der Waals surface area contributed by atoms with Crippen LogP contribution in [0.25, 0.3) is 39.1 Å². The molecular formula is C27H17F7. The maximum absolute atomic E-state index is 15.0. The lowest BCUT2D eigenvalue weighted by Gasteiger charge is -2.11. The van der Waals surface area contributed by atoms with Crippen molar-refractivity contribution < 1.29 is 30.7 Å². The van der Waals surface area contributed by atoms with Gasteiger partial charge in [-0.3, -0.25) is 0 Å². The topological polar surface area (TPSA) is 0 Å². The van der Waals surface area contributed by atoms with Gasteiger partial charge in [0.2, 0.25) is 0 Å². The van der Waals surface area contributed by atoms with Gasteiger partial charge in [-0.25, -0.2) is 22.0 Å². The Labute approximate surface area is 191 Å². The lowest BCUT2D eigenvalue weighted by Crippen LogP contribution is -1.96. The molecule has 34 heavy (non-hydrogen) atoms. The third kappa shape index (κ3) is 4.42. The smallest absolute Gasteiger partial charge is 0.206 e. The van der Waals surface area contributed by atoms with Crippen molar-refractivity contribution >= 4 is 16.8 Å². The van der Waals surface area contributed by atoms with Gasteiger partial charge in [-0.1, -0.05) is 37.6 Å². The summed E-state index contributed by atoms with van der Waals surface area (Å²) in [5.74, 6) is -4.76. The number of rotatable bonds is 5. The van der Waals surface area contributed by atoms with Crippen LogP contribution in [0.4, 0.5) is 30.7 Å². The molecule has 4 aromatic rings. The van der Waals surface area contributed by atoms with E-state index >= 15 is 0 Å². The molecule has 0 saturated heterocycles. The first-order valence-corrected chi connectivity index (χ1v) is 10.4. The Morgan fingerprint density at radius 2 is 1.41 bits per heavy atom. The van der Waals surface area contributed by atoms with Crippen LogP contribution >= 0.6 is 0 Å². The average molecular weight is 474 g/mol. The molecule has 0 unspecified atom stereocenters. The quantitative estimate of drug-likeness (QED) is 0.253. The molecule has 0 saturated carbocycles. The highest BCUT2D eigenvalue weighted by Gasteiger charge is 2.17. The zero-order valence-electron chi connectivity index (χ0n) is 17.8. The van der Waals surface area contributed by atoms with E-state index in [4.69, 9.17) is 0 Å². The van der Waals surface area contributed by atoms with Gasteiger partial charge in [0, 0.05) is 17.0 Å². The van der Waals surface area contributed by atoms with Gasteiger partial charge in [-0.05, 0) is 58.8 Å². The second-order valence-electron chi connectivity index (χ2n) is 7.84. The zero-order chi connectivity index (χ0) is 24.6. The molecule has 0 atom stereocenters. The Hall–Kier alpha value is -3.61. The highest BCUT2D eigenvalue weighted by atomic mass is 19.3. The van der Waals surface area contributed by atoms with Crippen molar-refractivity contribution in [1.82, 2.24) is 0 Å². The van der Waals surface area contributed by atoms with Gasteiger partial charge in [-0.2, -0.15) is 8.78 Å². The van der Waals surface area contributed by atoms with Gasteiger partial charge in [0.15, 0.2) is 0 Å². The Morgan fingerprint density at radius 1 is 0.735 bits per heavy atom. The molecule has 0 amide bonds. The molecule has 0 spiro atoms. The maximum Gasteiger partial charge on any atom is 0.271 e. The van der Waals surface area contributed by atoms with Crippen LogP contribution in [0.1, 0.15) is 24.5 Å². The van der Waals surface area contributed by atoms with Crippen molar-refractivity contribution in [3.8, 4) is 22.3 Å². The summed E-state index contributed by atoms with van der Waals surface area (Å²) in [5.41, 5.74) is -0.439. The van der Waals surface area contributed by atoms with E-state index in [-0.39, 0.29) is 39.1 Å². The largest absolute Gasteiger partial charge is 0.271 e. The van der Waals surface area contributed by atoms with Crippen molar-refractivity contribution in [2.45, 2.75) is 19.8 Å². The summed E-state index contributed by atoms with van der Waals surface area (Å²) >= 11 is 0. The van der Waals surface area contributed by atoms with Gasteiger partial charge in [-0.15, -0.1) is 0 Å². The maximum atomic E-state index is 15.0. The van der Waals surface area contributed by atoms with Crippen LogP contribution in [0.3, 0.4) is 0 Å². The van der Waals surface area contributed by atoms with E-state index in [1.165, 1.54) is 42.5 Å². The number of hydrogen-bond donors (Lipinski definition) is 0. The fraction of sp³-hybridized carbons (Fsp3) is 0.111. The number of fused-ring (bicyclic) bond motifs is 1. The minimum absolute atomic E-state index is 0.00172. The minimum atomic E-state index is -2.25. The molecule has 0 aromatic heterocycles. The molecule has 4 rings (SSSR count). The van der Waals surface area contributed by atoms with Gasteiger partial charge >= 0.3 is 0 Å². The predicted octanol–water partition coefficient (Wildman–Crippen LogP) is 9.06. The average Bonchev–Trinajstić information content (AvgIpc) is 2.76. The van der Waals surface area contributed by atoms with E-state index in [0.29, 0.717) is 18.4 Å². The first kappa shape index (κ1) is 23.5. The normalized spacial score (nSPS) is 11.2. The van der Waals surface area contributed by atoms with E-state index in [0.717, 1.165) is 12.1 Å². The second kappa shape index (κ2) is 9.33. The zero-order valence-corrected chi connectivity index (χ0v) is 17.8. The standard InChI is InChI=1S/C27H17F7/c1-2-3-14-8-23(30)26(24(31)9-14)16-5-6-18(21(28)11-16)15-4-7-19-17(10-15)12-22(29)20(27(19)34)13-25(32)33/h4-13H,2-3H2,1H3. The summed E-state index contributed by atoms with van der Waals surface area (Å²) in [6, 6.07) is 10.9. The Morgan fingerprint density at radius 3 is 2.03 bits per heavy atom. The fourth-order valence-corrected chi connectivity index (χ4v) is 3.99. The first-order valence-electron chi connectivity index (χ1n) is 10.4. The SMILES string of the molecule is CCCc1cc(F)c(-c2ccc(-c3ccc4c(F)c(C=C(F)F)c(F)cc4c3)c(F)c2)c(F)c1. The van der Waals surface area contributed by atoms with Crippen LogP contribution in [-0.4, -0.2) is 0 Å². The van der Waals surface area contributed by atoms with E-state index in [1.54, 1.807) is 0 Å². The molecule has 7 heteroatoms. The minimum Gasteiger partial charge on any atom is -0.206 e. The van der Waals surface area contributed by atoms with Gasteiger partial charge in [0.1, 0.15) is 29.1 Å². The molecule has 0 aliphatic rings. The summed E-state index contributed by atoms with van der Waals surface area (Å²) in [5, 5.41) is -0.0815. The first-order chi connectivity index (χ1) is 16.2. The molecule has 0 aliphatic carbocycles. The number of aryl methyl sites for hydroxylation is 1. The molecule has 0 nitrogen and oxygen atoms in total. The van der Waals surface area contributed by atoms with Gasteiger partial charge in [0.25, 0.3) is 6.08 Å². The van der Waals surface area contributed by atoms with Crippen LogP contribution in [0, 0.1) is 29.1 Å². The molecule has 174 valence electrons. The Kier molecular flexibility index (Phi) is 6.46. The van der Waals surface area contributed by atoms with Crippen LogP contribution in [0.15, 0.2) is 60.7 Å². The second-order valence-corrected chi connectivity index (χ2v) is 7.84. The van der Waals surface area contributed by atoms with Crippen LogP contribution < -0.4 is 0 Å². The summed E-state index contributed by atoms with van der Waals surface area (Å²) in [6.07, 6.45) is -0.927. The third-order valence-electron chi connectivity index (χ3n) is 5.53. The molecule has 0 aliphatic heterocycles. The van der Waals surface area contributed by atoms with Crippen molar-refractivity contribution in [3.05, 3.63) is 101 Å². The molecule has 0 heterocycles. The van der Waals surface area contributed by atoms with Gasteiger partial charge in [0.05, 0.1) is 11.1 Å². The molecule has 0 fully saturated rings. The van der Waals surface area contributed by atoms with E-state index in [1.807, 2.05) is 6.92 Å². The summed E-state index contributed by atoms with van der Waals surface area (Å²) in [4.78, 5) is 0. The third-order valence-corrected chi connectivity index (χ3v) is 5.53. The monoisotopic (exact) mass is 474 g/mol.